The number of ether oxygens (including phenoxy) is 1. The van der Waals surface area contributed by atoms with E-state index in [0.29, 0.717) is 17.8 Å². The Balaban J connectivity index is 1.17. The number of hydrogen-bond acceptors (Lipinski definition) is 6. The predicted molar refractivity (Wildman–Crippen MR) is 191 cm³/mol. The Kier molecular flexibility index (Phi) is 10.5. The van der Waals surface area contributed by atoms with E-state index in [-0.39, 0.29) is 17.7 Å². The Morgan fingerprint density at radius 1 is 1.04 bits per heavy atom. The van der Waals surface area contributed by atoms with E-state index in [1.165, 1.54) is 40.8 Å². The minimum absolute atomic E-state index is 0.0332. The van der Waals surface area contributed by atoms with Crippen molar-refractivity contribution < 1.29 is 19.4 Å². The van der Waals surface area contributed by atoms with Gasteiger partial charge < -0.3 is 4.74 Å². The summed E-state index contributed by atoms with van der Waals surface area (Å²) in [5.41, 5.74) is 4.69. The van der Waals surface area contributed by atoms with Crippen molar-refractivity contribution in [2.45, 2.75) is 83.2 Å². The van der Waals surface area contributed by atoms with Crippen LogP contribution in [0.2, 0.25) is 0 Å². The summed E-state index contributed by atoms with van der Waals surface area (Å²) in [4.78, 5) is 34.4. The van der Waals surface area contributed by atoms with Crippen LogP contribution in [0, 0.1) is 18.8 Å². The second-order valence-corrected chi connectivity index (χ2v) is 19.4. The molecule has 1 aliphatic heterocycles. The van der Waals surface area contributed by atoms with Gasteiger partial charge in [-0.05, 0) is 31.4 Å². The monoisotopic (exact) mass is 743 g/mol. The van der Waals surface area contributed by atoms with Crippen molar-refractivity contribution in [2.24, 2.45) is 11.8 Å². The van der Waals surface area contributed by atoms with Crippen molar-refractivity contribution >= 4 is 48.9 Å². The van der Waals surface area contributed by atoms with Crippen LogP contribution in [-0.4, -0.2) is 50.5 Å². The fourth-order valence-electron chi connectivity index (χ4n) is 6.72. The van der Waals surface area contributed by atoms with Gasteiger partial charge in [0, 0.05) is 0 Å². The maximum atomic E-state index is 14.3. The molecule has 1 aromatic heterocycles. The van der Waals surface area contributed by atoms with E-state index in [1.54, 1.807) is 18.4 Å². The summed E-state index contributed by atoms with van der Waals surface area (Å²) >= 11 is 0.0921. The molecule has 2 N–H and O–H groups in total. The van der Waals surface area contributed by atoms with Crippen molar-refractivity contribution in [2.75, 3.05) is 27.4 Å². The van der Waals surface area contributed by atoms with Crippen LogP contribution < -0.4 is 13.2 Å². The molecule has 0 radical (unpaired) electrons. The van der Waals surface area contributed by atoms with Crippen LogP contribution in [0.15, 0.2) is 48.7 Å². The zero-order valence-corrected chi connectivity index (χ0v) is 29.6. The van der Waals surface area contributed by atoms with Crippen molar-refractivity contribution in [1.29, 1.82) is 0 Å². The van der Waals surface area contributed by atoms with Gasteiger partial charge in [-0.1, -0.05) is 0 Å². The van der Waals surface area contributed by atoms with Gasteiger partial charge in [0.2, 0.25) is 0 Å². The van der Waals surface area contributed by atoms with Crippen molar-refractivity contribution in [3.8, 4) is 16.2 Å². The number of aromatic nitrogens is 1. The number of anilines is 1. The van der Waals surface area contributed by atoms with E-state index >= 15 is 0 Å². The van der Waals surface area contributed by atoms with Crippen LogP contribution >= 0.6 is 31.4 Å². The molecule has 3 aromatic rings. The first-order valence-electron chi connectivity index (χ1n) is 16.4. The molecule has 9 heteroatoms. The number of carbonyl (C=O) groups is 2. The van der Waals surface area contributed by atoms with Crippen molar-refractivity contribution in [3.63, 3.8) is 0 Å². The quantitative estimate of drug-likeness (QED) is 0.127. The second kappa shape index (κ2) is 14.5. The number of amides is 2. The molecule has 2 amide bonds. The van der Waals surface area contributed by atoms with E-state index in [2.05, 4.69) is 57.8 Å². The third-order valence-electron chi connectivity index (χ3n) is 9.66. The van der Waals surface area contributed by atoms with Crippen LogP contribution in [0.4, 0.5) is 5.69 Å². The van der Waals surface area contributed by atoms with Gasteiger partial charge in [-0.25, -0.2) is 0 Å². The number of methoxy groups -OCH3 is 1. The zero-order valence-electron chi connectivity index (χ0n) is 26.6. The van der Waals surface area contributed by atoms with Crippen molar-refractivity contribution in [3.05, 3.63) is 64.8 Å². The number of rotatable bonds is 10. The van der Waals surface area contributed by atoms with Crippen LogP contribution in [0.25, 0.3) is 10.4 Å². The predicted octanol–water partition coefficient (Wildman–Crippen LogP) is 7.64. The van der Waals surface area contributed by atoms with Gasteiger partial charge in [0.05, 0.1) is 7.11 Å². The molecule has 1 saturated heterocycles. The van der Waals surface area contributed by atoms with Gasteiger partial charge in [0.1, 0.15) is 5.75 Å². The molecule has 6 rings (SSSR count). The first kappa shape index (κ1) is 32.4. The third-order valence-corrected chi connectivity index (χ3v) is 16.0. The summed E-state index contributed by atoms with van der Waals surface area (Å²) < 4.78 is 10.4. The number of hydrogen-bond donors (Lipinski definition) is 2. The molecule has 2 aliphatic carbocycles. The van der Waals surface area contributed by atoms with Crippen LogP contribution in [0.3, 0.4) is 0 Å². The number of nitrogens with zero attached hydrogens (tertiary/aromatic N) is 2. The molecule has 1 unspecified atom stereocenters. The minimum Gasteiger partial charge on any atom is -0.0361 e. The molecular formula is C36H46IN3O4S. The van der Waals surface area contributed by atoms with Gasteiger partial charge in [-0.15, -0.1) is 0 Å². The van der Waals surface area contributed by atoms with Crippen LogP contribution in [-0.2, 0) is 9.59 Å². The number of aliphatic hydroxyl groups excluding tert-OH is 1. The molecule has 242 valence electrons. The summed E-state index contributed by atoms with van der Waals surface area (Å²) in [6, 6.07) is 15.1. The molecule has 7 nitrogen and oxygen atoms in total. The summed E-state index contributed by atoms with van der Waals surface area (Å²) in [5.74, 6) is 2.49. The van der Waals surface area contributed by atoms with Crippen LogP contribution in [0.5, 0.6) is 5.75 Å². The molecule has 2 aromatic carbocycles. The van der Waals surface area contributed by atoms with E-state index < -0.39 is 26.2 Å². The number of nitrogens with one attached hydrogen (secondary N) is 1. The van der Waals surface area contributed by atoms with E-state index in [1.807, 2.05) is 6.20 Å². The Hall–Kier alpha value is -2.50. The maximum absolute atomic E-state index is 14.3. The van der Waals surface area contributed by atoms with Crippen LogP contribution in [0.1, 0.15) is 86.3 Å². The molecule has 0 spiro atoms. The number of aliphatic hydroxyl groups is 1. The Morgan fingerprint density at radius 2 is 1.78 bits per heavy atom. The first-order valence-corrected chi connectivity index (χ1v) is 21.4. The number of halogens is 1. The average Bonchev–Trinajstić information content (AvgIpc) is 3.79. The summed E-state index contributed by atoms with van der Waals surface area (Å²) in [5, 5.41) is 10.9. The number of alkyl halides is 2. The second-order valence-electron chi connectivity index (χ2n) is 13.0. The molecule has 2 saturated carbocycles. The van der Waals surface area contributed by atoms with Gasteiger partial charge in [0.15, 0.2) is 0 Å². The average molecular weight is 744 g/mol. The summed E-state index contributed by atoms with van der Waals surface area (Å²) in [7, 11) is 1.72. The standard InChI is InChI=1S/C36H46IN3O4S/c1-23-19-29(13-14-32(23)44-3)26-9-7-25(8-10-26)22-40(36(43)28-15-17-37(18-16-28)39-34(42)24(2)41)31-6-4-5-30(20-31)33-21-38-35(45-33)27-11-12-27/h4-6,13-14,19-21,24-28,41H,7-12,15-18,22H2,1-3H3,(H,39,42). The van der Waals surface area contributed by atoms with E-state index in [4.69, 9.17) is 9.72 Å². The fraction of sp³-hybridized carbons (Fsp3) is 0.528. The number of benzene rings is 2. The molecular weight excluding hydrogens is 697 g/mol. The molecule has 45 heavy (non-hydrogen) atoms. The Morgan fingerprint density at radius 3 is 2.44 bits per heavy atom. The van der Waals surface area contributed by atoms with Crippen molar-refractivity contribution in [1.82, 2.24) is 8.51 Å². The Bertz CT molecular complexity index is 1490. The number of aryl methyl sites for hydroxylation is 1. The minimum atomic E-state index is -1.70. The number of thiazole rings is 1. The smallest absolute Gasteiger partial charge is 0.0361 e. The topological polar surface area (TPSA) is 91.8 Å². The zero-order chi connectivity index (χ0) is 31.5. The molecule has 0 bridgehead atoms. The van der Waals surface area contributed by atoms with Gasteiger partial charge in [-0.3, -0.25) is 0 Å². The van der Waals surface area contributed by atoms with Gasteiger partial charge in [0.25, 0.3) is 0 Å². The SMILES string of the molecule is COc1ccc(C2CCC(CN(C(=O)C3CCI(NC(=O)C(C)O)CC3)c3cccc(-c4cnc(C5CC5)s4)c3)CC2)cc1C. The Labute approximate surface area is 278 Å². The van der Waals surface area contributed by atoms with Gasteiger partial charge >= 0.3 is 231 Å². The molecule has 2 heterocycles. The van der Waals surface area contributed by atoms with Gasteiger partial charge in [-0.2, -0.15) is 0 Å². The summed E-state index contributed by atoms with van der Waals surface area (Å²) in [6.45, 7) is 4.37. The number of carbonyl (C=O) groups excluding carboxylic acids is 2. The van der Waals surface area contributed by atoms with E-state index in [9.17, 15) is 14.7 Å². The third kappa shape index (κ3) is 7.91. The molecule has 3 aliphatic rings. The molecule has 1 atom stereocenters. The first-order chi connectivity index (χ1) is 21.8. The fourth-order valence-corrected chi connectivity index (χ4v) is 13.1. The summed E-state index contributed by atoms with van der Waals surface area (Å²) in [6.07, 6.45) is 9.58. The normalized spacial score (nSPS) is 22.1. The molecule has 3 fully saturated rings. The van der Waals surface area contributed by atoms with E-state index in [0.717, 1.165) is 70.9 Å².